The molecule has 58 heavy (non-hydrogen) atoms. The predicted molar refractivity (Wildman–Crippen MR) is 115 cm³/mol. The van der Waals surface area contributed by atoms with Gasteiger partial charge in [-0.05, 0) is 20.3 Å². The summed E-state index contributed by atoms with van der Waals surface area (Å²) in [6, 6.07) is 0. The molecule has 2 nitrogen and oxygen atoms in total. The Kier molecular flexibility index (Phi) is 13.2. The van der Waals surface area contributed by atoms with Gasteiger partial charge in [0.05, 0.1) is 5.41 Å². The Morgan fingerprint density at radius 1 is 0.328 bits per heavy atom. The summed E-state index contributed by atoms with van der Waals surface area (Å²) in [6.07, 6.45) is -8.96. The lowest BCUT2D eigenvalue weighted by Gasteiger charge is -2.46. The molecular formula is C23H13F33O2. The number of alkyl halides is 33. The monoisotopic (exact) mass is 948 g/mol. The van der Waals surface area contributed by atoms with Gasteiger partial charge in [0, 0.05) is 0 Å². The van der Waals surface area contributed by atoms with Crippen molar-refractivity contribution in [1.29, 1.82) is 0 Å². The van der Waals surface area contributed by atoms with Crippen LogP contribution in [0.3, 0.4) is 0 Å². The third-order valence-electron chi connectivity index (χ3n) is 7.76. The lowest BCUT2D eigenvalue weighted by Crippen LogP contribution is -2.80. The first-order chi connectivity index (χ1) is 24.4. The zero-order valence-corrected chi connectivity index (χ0v) is 26.7. The maximum absolute atomic E-state index is 14.0. The summed E-state index contributed by atoms with van der Waals surface area (Å²) >= 11 is 0. The first-order valence-corrected chi connectivity index (χ1v) is 13.3. The molecule has 0 aromatic rings. The van der Waals surface area contributed by atoms with Gasteiger partial charge < -0.3 is 4.74 Å². The van der Waals surface area contributed by atoms with Crippen molar-refractivity contribution in [2.75, 3.05) is 6.61 Å². The van der Waals surface area contributed by atoms with Gasteiger partial charge in [0.2, 0.25) is 0 Å². The van der Waals surface area contributed by atoms with Gasteiger partial charge in [-0.25, -0.2) is 0 Å². The van der Waals surface area contributed by atoms with Crippen LogP contribution in [-0.4, -0.2) is 108 Å². The van der Waals surface area contributed by atoms with Gasteiger partial charge >= 0.3 is 101 Å². The normalized spacial score (nSPS) is 16.8. The van der Waals surface area contributed by atoms with Gasteiger partial charge in [-0.3, -0.25) is 4.79 Å². The summed E-state index contributed by atoms with van der Waals surface area (Å²) in [5.41, 5.74) is -2.11. The molecule has 0 aliphatic carbocycles. The first-order valence-electron chi connectivity index (χ1n) is 13.3. The van der Waals surface area contributed by atoms with Crippen LogP contribution in [0.2, 0.25) is 0 Å². The molecule has 35 heteroatoms. The molecule has 0 fully saturated rings. The van der Waals surface area contributed by atoms with Crippen molar-refractivity contribution < 1.29 is 154 Å². The van der Waals surface area contributed by atoms with E-state index in [1.54, 1.807) is 0 Å². The van der Waals surface area contributed by atoms with Crippen molar-refractivity contribution in [2.45, 2.75) is 122 Å². The van der Waals surface area contributed by atoms with Gasteiger partial charge in [-0.2, -0.15) is 145 Å². The van der Waals surface area contributed by atoms with Crippen molar-refractivity contribution >= 4 is 5.97 Å². The Labute approximate surface area is 296 Å². The molecule has 0 rings (SSSR count). The molecule has 0 aliphatic rings. The fourth-order valence-electron chi connectivity index (χ4n) is 3.36. The number of rotatable bonds is 18. The average molecular weight is 948 g/mol. The van der Waals surface area contributed by atoms with E-state index in [2.05, 4.69) is 4.74 Å². The molecule has 0 saturated heterocycles. The van der Waals surface area contributed by atoms with E-state index in [0.29, 0.717) is 13.8 Å². The molecule has 0 radical (unpaired) electrons. The average Bonchev–Trinajstić information content (AvgIpc) is 3.01. The molecule has 0 aromatic heterocycles. The van der Waals surface area contributed by atoms with Crippen LogP contribution >= 0.6 is 0 Å². The van der Waals surface area contributed by atoms with Crippen molar-refractivity contribution in [2.24, 2.45) is 5.41 Å². The topological polar surface area (TPSA) is 26.3 Å². The minimum atomic E-state index is -10.2. The molecule has 0 bridgehead atoms. The lowest BCUT2D eigenvalue weighted by atomic mass is 9.82. The maximum atomic E-state index is 14.0. The van der Waals surface area contributed by atoms with E-state index in [4.69, 9.17) is 0 Å². The van der Waals surface area contributed by atoms with E-state index in [-0.39, 0.29) is 0 Å². The molecular weight excluding hydrogens is 935 g/mol. The number of esters is 1. The Hall–Kier alpha value is -2.84. The number of carbonyl (C=O) groups is 1. The highest BCUT2D eigenvalue weighted by molar-refractivity contribution is 5.75. The van der Waals surface area contributed by atoms with Crippen LogP contribution in [0.4, 0.5) is 145 Å². The molecule has 0 N–H and O–H groups in total. The van der Waals surface area contributed by atoms with Crippen molar-refractivity contribution in [1.82, 2.24) is 0 Å². The van der Waals surface area contributed by atoms with Crippen molar-refractivity contribution in [3.63, 3.8) is 0 Å². The zero-order chi connectivity index (χ0) is 48.2. The third kappa shape index (κ3) is 6.68. The van der Waals surface area contributed by atoms with Crippen LogP contribution in [0.25, 0.3) is 0 Å². The number of ether oxygens (including phenoxy) is 1. The quantitative estimate of drug-likeness (QED) is 0.101. The summed E-state index contributed by atoms with van der Waals surface area (Å²) in [7, 11) is 0. The number of halogens is 33. The van der Waals surface area contributed by atoms with Crippen LogP contribution in [-0.2, 0) is 9.53 Å². The van der Waals surface area contributed by atoms with Gasteiger partial charge in [-0.1, -0.05) is 6.92 Å². The van der Waals surface area contributed by atoms with Crippen LogP contribution in [0.5, 0.6) is 0 Å². The smallest absolute Gasteiger partial charge is 0.459 e. The van der Waals surface area contributed by atoms with E-state index >= 15 is 0 Å². The van der Waals surface area contributed by atoms with Gasteiger partial charge in [0.1, 0.15) is 0 Å². The van der Waals surface area contributed by atoms with E-state index in [0.717, 1.165) is 6.92 Å². The van der Waals surface area contributed by atoms with Crippen LogP contribution in [0.1, 0.15) is 27.2 Å². The Bertz CT molecular complexity index is 1500. The minimum absolute atomic E-state index is 0.559. The second kappa shape index (κ2) is 13.8. The summed E-state index contributed by atoms with van der Waals surface area (Å²) in [4.78, 5) is 11.6. The van der Waals surface area contributed by atoms with E-state index < -0.39 is 119 Å². The van der Waals surface area contributed by atoms with Crippen LogP contribution < -0.4 is 0 Å². The highest BCUT2D eigenvalue weighted by Gasteiger charge is 3.01. The maximum Gasteiger partial charge on any atom is 0.460 e. The highest BCUT2D eigenvalue weighted by Crippen LogP contribution is 2.70. The Balaban J connectivity index is 7.61. The molecule has 0 saturated carbocycles. The number of hydrogen-bond acceptors (Lipinski definition) is 2. The summed E-state index contributed by atoms with van der Waals surface area (Å²) in [6.45, 7) is -1.39. The molecule has 0 aromatic carbocycles. The van der Waals surface area contributed by atoms with Crippen molar-refractivity contribution in [3.05, 3.63) is 0 Å². The van der Waals surface area contributed by atoms with E-state index in [9.17, 15) is 150 Å². The second-order valence-electron chi connectivity index (χ2n) is 12.1. The standard InChI is InChI=1S/C23H13F33O2/c1-4-7(2,3)6(57)58-5-8(24,25)9(26,27)10(28,29)11(30,31)12(32,33)13(34,35)14(36,37)15(38,39)16(40,41)17(42,43)18(44,45)19(46,47)20(48,49)21(50,51)22(52,53)23(54,55)56/h4-5H2,1-3H3. The van der Waals surface area contributed by atoms with Gasteiger partial charge in [0.25, 0.3) is 0 Å². The Morgan fingerprint density at radius 3 is 0.672 bits per heavy atom. The molecule has 0 heterocycles. The Morgan fingerprint density at radius 2 is 0.500 bits per heavy atom. The van der Waals surface area contributed by atoms with Crippen molar-refractivity contribution in [3.8, 4) is 0 Å². The third-order valence-corrected chi connectivity index (χ3v) is 7.76. The summed E-state index contributed by atoms with van der Waals surface area (Å²) in [5, 5.41) is 0. The largest absolute Gasteiger partial charge is 0.460 e. The molecule has 348 valence electrons. The van der Waals surface area contributed by atoms with E-state index in [1.165, 1.54) is 0 Å². The van der Waals surface area contributed by atoms with Crippen LogP contribution in [0, 0.1) is 5.41 Å². The zero-order valence-electron chi connectivity index (χ0n) is 26.7. The van der Waals surface area contributed by atoms with Crippen LogP contribution in [0.15, 0.2) is 0 Å². The minimum Gasteiger partial charge on any atom is -0.459 e. The fourth-order valence-corrected chi connectivity index (χ4v) is 3.36. The fraction of sp³-hybridized carbons (Fsp3) is 0.957. The predicted octanol–water partition coefficient (Wildman–Crippen LogP) is 12.1. The number of hydrogen-bond donors (Lipinski definition) is 0. The lowest BCUT2D eigenvalue weighted by molar-refractivity contribution is -0.491. The molecule has 0 aliphatic heterocycles. The molecule has 0 spiro atoms. The summed E-state index contributed by atoms with van der Waals surface area (Å²) < 4.78 is 453. The first kappa shape index (κ1) is 55.2. The second-order valence-corrected chi connectivity index (χ2v) is 12.1. The molecule has 0 unspecified atom stereocenters. The number of carbonyl (C=O) groups excluding carboxylic acids is 1. The summed E-state index contributed by atoms with van der Waals surface area (Å²) in [5.74, 6) is -146. The van der Waals surface area contributed by atoms with E-state index in [1.807, 2.05) is 0 Å². The highest BCUT2D eigenvalue weighted by atomic mass is 19.4. The van der Waals surface area contributed by atoms with Gasteiger partial charge in [-0.15, -0.1) is 0 Å². The SMILES string of the molecule is CCC(C)(C)C(=O)OCC(F)(F)C(F)(F)C(F)(F)C(F)(F)C(F)(F)C(F)(F)C(F)(F)C(F)(F)C(F)(F)C(F)(F)C(F)(F)C(F)(F)C(F)(F)C(F)(F)C(F)(F)C(F)(F)F. The van der Waals surface area contributed by atoms with Gasteiger partial charge in [0.15, 0.2) is 6.61 Å². The molecule has 0 amide bonds. The molecule has 0 atom stereocenters.